The standard InChI is InChI=1S/C17H24FN3O3S/c18-16-6-5-14(25(19,23)24)11-15(16)17(22)21-9-7-20(8-10-21)12-13-3-1-2-4-13/h5-6,11,13H,1-4,7-10,12H2,(H2,19,23,24). The van der Waals surface area contributed by atoms with Gasteiger partial charge in [-0.3, -0.25) is 9.69 Å². The van der Waals surface area contributed by atoms with E-state index in [1.165, 1.54) is 25.7 Å². The van der Waals surface area contributed by atoms with Gasteiger partial charge in [0.2, 0.25) is 10.0 Å². The average Bonchev–Trinajstić information content (AvgIpc) is 3.07. The smallest absolute Gasteiger partial charge is 0.256 e. The first-order chi connectivity index (χ1) is 11.8. The Balaban J connectivity index is 1.64. The summed E-state index contributed by atoms with van der Waals surface area (Å²) in [7, 11) is -3.97. The first kappa shape index (κ1) is 18.3. The highest BCUT2D eigenvalue weighted by atomic mass is 32.2. The number of nitrogens with zero attached hydrogens (tertiary/aromatic N) is 2. The molecular formula is C17H24FN3O3S. The van der Waals surface area contributed by atoms with Crippen molar-refractivity contribution in [2.45, 2.75) is 30.6 Å². The van der Waals surface area contributed by atoms with Crippen LogP contribution in [0.2, 0.25) is 0 Å². The van der Waals surface area contributed by atoms with Crippen molar-refractivity contribution in [2.24, 2.45) is 11.1 Å². The van der Waals surface area contributed by atoms with E-state index in [2.05, 4.69) is 4.90 Å². The third kappa shape index (κ3) is 4.37. The van der Waals surface area contributed by atoms with E-state index in [-0.39, 0.29) is 10.5 Å². The van der Waals surface area contributed by atoms with Crippen molar-refractivity contribution >= 4 is 15.9 Å². The molecule has 1 aromatic carbocycles. The van der Waals surface area contributed by atoms with Gasteiger partial charge in [0.25, 0.3) is 5.91 Å². The molecule has 25 heavy (non-hydrogen) atoms. The molecule has 1 aromatic rings. The number of hydrogen-bond donors (Lipinski definition) is 1. The maximum absolute atomic E-state index is 14.0. The summed E-state index contributed by atoms with van der Waals surface area (Å²) in [6.07, 6.45) is 5.18. The molecule has 1 heterocycles. The fourth-order valence-electron chi connectivity index (χ4n) is 3.71. The third-order valence-corrected chi connectivity index (χ3v) is 6.06. The summed E-state index contributed by atoms with van der Waals surface area (Å²) in [4.78, 5) is 16.3. The molecule has 0 unspecified atom stereocenters. The summed E-state index contributed by atoms with van der Waals surface area (Å²) >= 11 is 0. The maximum Gasteiger partial charge on any atom is 0.256 e. The van der Waals surface area contributed by atoms with Gasteiger partial charge in [-0.15, -0.1) is 0 Å². The van der Waals surface area contributed by atoms with Crippen molar-refractivity contribution in [3.05, 3.63) is 29.6 Å². The van der Waals surface area contributed by atoms with Crippen LogP contribution in [0.3, 0.4) is 0 Å². The molecule has 3 rings (SSSR count). The number of amides is 1. The second-order valence-corrected chi connectivity index (χ2v) is 8.49. The predicted molar refractivity (Wildman–Crippen MR) is 92.1 cm³/mol. The van der Waals surface area contributed by atoms with E-state index in [9.17, 15) is 17.6 Å². The molecule has 0 atom stereocenters. The summed E-state index contributed by atoms with van der Waals surface area (Å²) in [5, 5.41) is 5.07. The molecule has 2 N–H and O–H groups in total. The second-order valence-electron chi connectivity index (χ2n) is 6.93. The van der Waals surface area contributed by atoms with Gasteiger partial charge in [-0.05, 0) is 37.0 Å². The van der Waals surface area contributed by atoms with Crippen LogP contribution in [0.5, 0.6) is 0 Å². The van der Waals surface area contributed by atoms with Crippen LogP contribution in [0.1, 0.15) is 36.0 Å². The second kappa shape index (κ2) is 7.39. The van der Waals surface area contributed by atoms with Gasteiger partial charge >= 0.3 is 0 Å². The van der Waals surface area contributed by atoms with Gasteiger partial charge in [0.05, 0.1) is 10.5 Å². The molecule has 1 saturated carbocycles. The Morgan fingerprint density at radius 2 is 1.80 bits per heavy atom. The topological polar surface area (TPSA) is 83.7 Å². The molecule has 1 amide bonds. The van der Waals surface area contributed by atoms with Crippen molar-refractivity contribution in [1.82, 2.24) is 9.80 Å². The van der Waals surface area contributed by atoms with Crippen LogP contribution in [0, 0.1) is 11.7 Å². The quantitative estimate of drug-likeness (QED) is 0.870. The van der Waals surface area contributed by atoms with Crippen LogP contribution >= 0.6 is 0 Å². The van der Waals surface area contributed by atoms with Crippen molar-refractivity contribution < 1.29 is 17.6 Å². The molecule has 2 fully saturated rings. The van der Waals surface area contributed by atoms with E-state index < -0.39 is 21.7 Å². The highest BCUT2D eigenvalue weighted by molar-refractivity contribution is 7.89. The van der Waals surface area contributed by atoms with Gasteiger partial charge in [-0.2, -0.15) is 0 Å². The Morgan fingerprint density at radius 1 is 1.16 bits per heavy atom. The summed E-state index contributed by atoms with van der Waals surface area (Å²) in [6, 6.07) is 3.07. The molecule has 8 heteroatoms. The van der Waals surface area contributed by atoms with Gasteiger partial charge in [0.15, 0.2) is 0 Å². The number of primary sulfonamides is 1. The number of nitrogens with two attached hydrogens (primary N) is 1. The Bertz CT molecular complexity index is 740. The molecule has 138 valence electrons. The molecule has 6 nitrogen and oxygen atoms in total. The highest BCUT2D eigenvalue weighted by Gasteiger charge is 2.27. The first-order valence-corrected chi connectivity index (χ1v) is 10.2. The zero-order chi connectivity index (χ0) is 18.0. The van der Waals surface area contributed by atoms with E-state index in [1.807, 2.05) is 0 Å². The van der Waals surface area contributed by atoms with Gasteiger partial charge < -0.3 is 4.90 Å². The molecule has 0 aromatic heterocycles. The summed E-state index contributed by atoms with van der Waals surface area (Å²) in [5.41, 5.74) is -0.240. The molecule has 1 aliphatic heterocycles. The van der Waals surface area contributed by atoms with E-state index in [0.717, 1.165) is 43.8 Å². The SMILES string of the molecule is NS(=O)(=O)c1ccc(F)c(C(=O)N2CCN(CC3CCCC3)CC2)c1. The Morgan fingerprint density at radius 3 is 2.40 bits per heavy atom. The Hall–Kier alpha value is -1.51. The fourth-order valence-corrected chi connectivity index (χ4v) is 4.25. The zero-order valence-electron chi connectivity index (χ0n) is 14.2. The normalized spacial score (nSPS) is 20.2. The number of rotatable bonds is 4. The first-order valence-electron chi connectivity index (χ1n) is 8.68. The number of carbonyl (C=O) groups is 1. The summed E-state index contributed by atoms with van der Waals surface area (Å²) in [6.45, 7) is 3.63. The Kier molecular flexibility index (Phi) is 5.41. The molecule has 0 spiro atoms. The van der Waals surface area contributed by atoms with Crippen LogP contribution < -0.4 is 5.14 Å². The monoisotopic (exact) mass is 369 g/mol. The minimum Gasteiger partial charge on any atom is -0.336 e. The lowest BCUT2D eigenvalue weighted by molar-refractivity contribution is 0.0613. The van der Waals surface area contributed by atoms with Crippen molar-refractivity contribution in [2.75, 3.05) is 32.7 Å². The number of carbonyl (C=O) groups excluding carboxylic acids is 1. The molecule has 2 aliphatic rings. The number of halogens is 1. The molecule has 0 bridgehead atoms. The van der Waals surface area contributed by atoms with Gasteiger partial charge in [-0.1, -0.05) is 12.8 Å². The van der Waals surface area contributed by atoms with Crippen LogP contribution in [-0.4, -0.2) is 56.8 Å². The van der Waals surface area contributed by atoms with Crippen LogP contribution in [0.15, 0.2) is 23.1 Å². The van der Waals surface area contributed by atoms with Crippen LogP contribution in [-0.2, 0) is 10.0 Å². The van der Waals surface area contributed by atoms with E-state index in [1.54, 1.807) is 4.90 Å². The Labute approximate surface area is 147 Å². The van der Waals surface area contributed by atoms with Crippen molar-refractivity contribution in [3.8, 4) is 0 Å². The number of piperazine rings is 1. The lowest BCUT2D eigenvalue weighted by Gasteiger charge is -2.36. The van der Waals surface area contributed by atoms with Crippen molar-refractivity contribution in [1.29, 1.82) is 0 Å². The van der Waals surface area contributed by atoms with Gasteiger partial charge in [-0.25, -0.2) is 17.9 Å². The van der Waals surface area contributed by atoms with E-state index in [4.69, 9.17) is 5.14 Å². The molecule has 1 saturated heterocycles. The van der Waals surface area contributed by atoms with Crippen LogP contribution in [0.25, 0.3) is 0 Å². The van der Waals surface area contributed by atoms with Gasteiger partial charge in [0, 0.05) is 32.7 Å². The minimum atomic E-state index is -3.97. The minimum absolute atomic E-state index is 0.240. The van der Waals surface area contributed by atoms with Crippen molar-refractivity contribution in [3.63, 3.8) is 0 Å². The molecule has 0 radical (unpaired) electrons. The largest absolute Gasteiger partial charge is 0.336 e. The number of benzene rings is 1. The summed E-state index contributed by atoms with van der Waals surface area (Å²) in [5.74, 6) is -0.458. The average molecular weight is 369 g/mol. The fraction of sp³-hybridized carbons (Fsp3) is 0.588. The number of hydrogen-bond acceptors (Lipinski definition) is 4. The predicted octanol–water partition coefficient (Wildman–Crippen LogP) is 1.42. The third-order valence-electron chi connectivity index (χ3n) is 5.15. The lowest BCUT2D eigenvalue weighted by Crippen LogP contribution is -2.49. The lowest BCUT2D eigenvalue weighted by atomic mass is 10.1. The summed E-state index contributed by atoms with van der Waals surface area (Å²) < 4.78 is 36.9. The maximum atomic E-state index is 14.0. The highest BCUT2D eigenvalue weighted by Crippen LogP contribution is 2.26. The van der Waals surface area contributed by atoms with Crippen LogP contribution in [0.4, 0.5) is 4.39 Å². The van der Waals surface area contributed by atoms with E-state index >= 15 is 0 Å². The number of sulfonamides is 1. The molecular weight excluding hydrogens is 345 g/mol. The molecule has 1 aliphatic carbocycles. The van der Waals surface area contributed by atoms with Gasteiger partial charge in [0.1, 0.15) is 5.82 Å². The zero-order valence-corrected chi connectivity index (χ0v) is 15.0. The van der Waals surface area contributed by atoms with E-state index in [0.29, 0.717) is 13.1 Å².